The van der Waals surface area contributed by atoms with Crippen molar-refractivity contribution in [1.82, 2.24) is 19.5 Å². The molecule has 2 aromatic heterocycles. The maximum absolute atomic E-state index is 13.4. The molecular formula is C44H53N5O9Si. The van der Waals surface area contributed by atoms with Gasteiger partial charge in [0.05, 0.1) is 26.5 Å². The Bertz CT molecular complexity index is 2170. The molecule has 0 aliphatic carbocycles. The molecule has 1 fully saturated rings. The fraction of sp³-hybridized carbons (Fsp3) is 0.409. The number of carbonyl (C=O) groups excluding carboxylic acids is 3. The SMILES string of the molecule is COc1ccc(C(Nc2ncnc3c2ncn3[C@@H]2O[C@H](CO[Si](C)(C)C(C)(C)C)[C@@H](OCOC(C)=O)[C@H]2OC(=O)CCC(C)=O)(c2ccccc2)c2ccccc2)cc1. The molecule has 3 aromatic carbocycles. The molecule has 3 heterocycles. The average Bonchev–Trinajstić information content (AvgIpc) is 3.80. The zero-order valence-electron chi connectivity index (χ0n) is 34.8. The highest BCUT2D eigenvalue weighted by Gasteiger charge is 2.51. The Morgan fingerprint density at radius 1 is 0.831 bits per heavy atom. The molecular weight excluding hydrogens is 771 g/mol. The van der Waals surface area contributed by atoms with Gasteiger partial charge in [0, 0.05) is 13.3 Å². The van der Waals surface area contributed by atoms with Crippen LogP contribution >= 0.6 is 0 Å². The van der Waals surface area contributed by atoms with E-state index in [2.05, 4.69) is 68.4 Å². The number of ether oxygens (including phenoxy) is 5. The predicted molar refractivity (Wildman–Crippen MR) is 223 cm³/mol. The number of carbonyl (C=O) groups is 3. The number of anilines is 1. The molecule has 4 atom stereocenters. The first-order valence-corrected chi connectivity index (χ1v) is 22.5. The molecule has 1 saturated heterocycles. The normalized spacial score (nSPS) is 18.4. The van der Waals surface area contributed by atoms with Crippen molar-refractivity contribution >= 4 is 43.0 Å². The van der Waals surface area contributed by atoms with Crippen LogP contribution in [-0.4, -0.2) is 84.4 Å². The summed E-state index contributed by atoms with van der Waals surface area (Å²) >= 11 is 0. The third-order valence-corrected chi connectivity index (χ3v) is 15.5. The van der Waals surface area contributed by atoms with Crippen molar-refractivity contribution in [1.29, 1.82) is 0 Å². The molecule has 0 radical (unpaired) electrons. The van der Waals surface area contributed by atoms with Gasteiger partial charge in [-0.05, 0) is 53.9 Å². The molecule has 0 amide bonds. The Kier molecular flexibility index (Phi) is 13.3. The second kappa shape index (κ2) is 18.2. The fourth-order valence-corrected chi connectivity index (χ4v) is 7.84. The zero-order chi connectivity index (χ0) is 42.4. The lowest BCUT2D eigenvalue weighted by molar-refractivity contribution is -0.176. The van der Waals surface area contributed by atoms with E-state index in [4.69, 9.17) is 38.1 Å². The second-order valence-electron chi connectivity index (χ2n) is 16.1. The number of nitrogens with one attached hydrogen (secondary N) is 1. The number of methoxy groups -OCH3 is 1. The Hall–Kier alpha value is -5.48. The molecule has 1 N–H and O–H groups in total. The van der Waals surface area contributed by atoms with Crippen LogP contribution in [0.4, 0.5) is 5.82 Å². The minimum atomic E-state index is -2.30. The lowest BCUT2D eigenvalue weighted by atomic mass is 9.77. The van der Waals surface area contributed by atoms with Gasteiger partial charge < -0.3 is 38.2 Å². The Labute approximate surface area is 345 Å². The van der Waals surface area contributed by atoms with E-state index in [9.17, 15) is 14.4 Å². The summed E-state index contributed by atoms with van der Waals surface area (Å²) in [6.45, 7) is 13.0. The van der Waals surface area contributed by atoms with Crippen LogP contribution in [0.15, 0.2) is 97.6 Å². The fourth-order valence-electron chi connectivity index (χ4n) is 6.83. The van der Waals surface area contributed by atoms with Crippen LogP contribution < -0.4 is 10.1 Å². The third kappa shape index (κ3) is 9.54. The number of nitrogens with zero attached hydrogens (tertiary/aromatic N) is 4. The van der Waals surface area contributed by atoms with E-state index >= 15 is 0 Å². The summed E-state index contributed by atoms with van der Waals surface area (Å²) < 4.78 is 38.0. The Balaban J connectivity index is 1.45. The molecule has 0 spiro atoms. The Morgan fingerprint density at radius 3 is 2.03 bits per heavy atom. The molecule has 15 heteroatoms. The van der Waals surface area contributed by atoms with Gasteiger partial charge in [0.1, 0.15) is 35.6 Å². The van der Waals surface area contributed by atoms with Crippen LogP contribution in [0.25, 0.3) is 11.2 Å². The summed E-state index contributed by atoms with van der Waals surface area (Å²) in [7, 11) is -0.672. The number of ketones is 1. The summed E-state index contributed by atoms with van der Waals surface area (Å²) in [6, 6.07) is 28.0. The highest BCUT2D eigenvalue weighted by molar-refractivity contribution is 6.74. The van der Waals surface area contributed by atoms with Gasteiger partial charge in [0.2, 0.25) is 0 Å². The van der Waals surface area contributed by atoms with Crippen molar-refractivity contribution in [3.8, 4) is 5.75 Å². The minimum Gasteiger partial charge on any atom is -0.497 e. The van der Waals surface area contributed by atoms with Gasteiger partial charge in [-0.1, -0.05) is 93.6 Å². The topological polar surface area (TPSA) is 162 Å². The van der Waals surface area contributed by atoms with E-state index in [0.29, 0.717) is 22.7 Å². The number of fused-ring (bicyclic) bond motifs is 1. The third-order valence-electron chi connectivity index (χ3n) is 11.0. The summed E-state index contributed by atoms with van der Waals surface area (Å²) in [5.41, 5.74) is 2.62. The van der Waals surface area contributed by atoms with Crippen molar-refractivity contribution < 1.29 is 42.5 Å². The van der Waals surface area contributed by atoms with E-state index in [1.807, 2.05) is 60.7 Å². The number of benzene rings is 3. The number of hydrogen-bond donors (Lipinski definition) is 1. The lowest BCUT2D eigenvalue weighted by Gasteiger charge is -2.37. The number of esters is 2. The zero-order valence-corrected chi connectivity index (χ0v) is 35.8. The summed E-state index contributed by atoms with van der Waals surface area (Å²) in [5, 5.41) is 3.68. The second-order valence-corrected chi connectivity index (χ2v) is 20.9. The van der Waals surface area contributed by atoms with Gasteiger partial charge in [-0.2, -0.15) is 0 Å². The van der Waals surface area contributed by atoms with Gasteiger partial charge in [-0.15, -0.1) is 0 Å². The van der Waals surface area contributed by atoms with E-state index in [1.165, 1.54) is 20.2 Å². The maximum atomic E-state index is 13.4. The summed E-state index contributed by atoms with van der Waals surface area (Å²) in [5.74, 6) is -0.187. The monoisotopic (exact) mass is 823 g/mol. The van der Waals surface area contributed by atoms with E-state index in [0.717, 1.165) is 16.7 Å². The number of Topliss-reactive ketones (excluding diaryl/α,β-unsaturated/α-hetero) is 1. The van der Waals surface area contributed by atoms with Gasteiger partial charge in [0.15, 0.2) is 44.4 Å². The summed E-state index contributed by atoms with van der Waals surface area (Å²) in [4.78, 5) is 51.3. The van der Waals surface area contributed by atoms with Crippen molar-refractivity contribution in [2.45, 2.75) is 95.7 Å². The maximum Gasteiger partial charge on any atom is 0.306 e. The van der Waals surface area contributed by atoms with Crippen LogP contribution in [0.2, 0.25) is 18.1 Å². The predicted octanol–water partition coefficient (Wildman–Crippen LogP) is 7.34. The first kappa shape index (κ1) is 43.1. The molecule has 59 heavy (non-hydrogen) atoms. The summed E-state index contributed by atoms with van der Waals surface area (Å²) in [6.07, 6.45) is -0.967. The molecule has 6 rings (SSSR count). The van der Waals surface area contributed by atoms with Crippen LogP contribution in [0.1, 0.15) is 70.4 Å². The van der Waals surface area contributed by atoms with Gasteiger partial charge in [0.25, 0.3) is 0 Å². The largest absolute Gasteiger partial charge is 0.497 e. The van der Waals surface area contributed by atoms with Crippen molar-refractivity contribution in [2.24, 2.45) is 0 Å². The number of rotatable bonds is 17. The number of aromatic nitrogens is 4. The molecule has 0 bridgehead atoms. The van der Waals surface area contributed by atoms with Gasteiger partial charge >= 0.3 is 11.9 Å². The standard InChI is InChI=1S/C44H53N5O9Si/c1-29(50)19-24-36(52)58-39-38(55-28-54-30(2)51)35(25-56-59(7,8)43(3,4)5)57-42(39)49-27-47-37-40(45-26-46-41(37)49)48-44(31-15-11-9-12-16-31,32-17-13-10-14-18-32)33-20-22-34(53-6)23-21-33/h9-18,20-23,26-27,35,38-39,42H,19,24-25,28H2,1-8H3,(H,45,46,48)/t35-,38-,39-,42-/m1/s1. The van der Waals surface area contributed by atoms with Crippen molar-refractivity contribution in [2.75, 3.05) is 25.8 Å². The van der Waals surface area contributed by atoms with E-state index < -0.39 is 57.1 Å². The van der Waals surface area contributed by atoms with Crippen LogP contribution in [0.5, 0.6) is 5.75 Å². The first-order chi connectivity index (χ1) is 28.1. The molecule has 1 aliphatic heterocycles. The average molecular weight is 824 g/mol. The molecule has 0 saturated carbocycles. The molecule has 1 aliphatic rings. The first-order valence-electron chi connectivity index (χ1n) is 19.6. The van der Waals surface area contributed by atoms with Crippen LogP contribution in [-0.2, 0) is 43.3 Å². The van der Waals surface area contributed by atoms with E-state index in [-0.39, 0.29) is 30.3 Å². The quantitative estimate of drug-likeness (QED) is 0.0429. The minimum absolute atomic E-state index is 0.00297. The van der Waals surface area contributed by atoms with Crippen LogP contribution in [0, 0.1) is 0 Å². The highest BCUT2D eigenvalue weighted by Crippen LogP contribution is 2.43. The van der Waals surface area contributed by atoms with Gasteiger partial charge in [-0.3, -0.25) is 14.2 Å². The molecule has 0 unspecified atom stereocenters. The van der Waals surface area contributed by atoms with Gasteiger partial charge in [-0.25, -0.2) is 15.0 Å². The van der Waals surface area contributed by atoms with Crippen molar-refractivity contribution in [3.05, 3.63) is 114 Å². The van der Waals surface area contributed by atoms with E-state index in [1.54, 1.807) is 18.0 Å². The molecule has 14 nitrogen and oxygen atoms in total. The lowest BCUT2D eigenvalue weighted by Crippen LogP contribution is -2.45. The molecule has 5 aromatic rings. The number of imidazole rings is 1. The highest BCUT2D eigenvalue weighted by atomic mass is 28.4. The smallest absolute Gasteiger partial charge is 0.306 e. The molecule has 312 valence electrons. The Morgan fingerprint density at radius 2 is 1.46 bits per heavy atom. The number of hydrogen-bond acceptors (Lipinski definition) is 13. The van der Waals surface area contributed by atoms with Crippen molar-refractivity contribution in [3.63, 3.8) is 0 Å². The van der Waals surface area contributed by atoms with Crippen LogP contribution in [0.3, 0.4) is 0 Å².